The minimum atomic E-state index is -0.366. The zero-order valence-corrected chi connectivity index (χ0v) is 13.6. The van der Waals surface area contributed by atoms with Crippen molar-refractivity contribution in [2.75, 3.05) is 0 Å². The highest BCUT2D eigenvalue weighted by atomic mass is 19.1. The third-order valence-electron chi connectivity index (χ3n) is 4.27. The Balaban J connectivity index is 1.92. The van der Waals surface area contributed by atoms with Crippen LogP contribution in [0.4, 0.5) is 4.39 Å². The zero-order valence-electron chi connectivity index (χ0n) is 13.6. The quantitative estimate of drug-likeness (QED) is 0.538. The van der Waals surface area contributed by atoms with Gasteiger partial charge in [-0.1, -0.05) is 79.7 Å². The minimum Gasteiger partial charge on any atom is -0.293 e. The second-order valence-electron chi connectivity index (χ2n) is 5.80. The largest absolute Gasteiger partial charge is 0.293 e. The van der Waals surface area contributed by atoms with E-state index in [1.165, 1.54) is 6.07 Å². The van der Waals surface area contributed by atoms with Crippen LogP contribution in [-0.2, 0) is 0 Å². The smallest absolute Gasteiger partial charge is 0.170 e. The third-order valence-corrected chi connectivity index (χ3v) is 4.27. The fraction of sp³-hybridized carbons (Fsp3) is 0.136. The molecule has 0 aliphatic rings. The maximum atomic E-state index is 14.5. The number of hydrogen-bond acceptors (Lipinski definition) is 1. The number of rotatable bonds is 5. The second kappa shape index (κ2) is 7.22. The second-order valence-corrected chi connectivity index (χ2v) is 5.80. The van der Waals surface area contributed by atoms with E-state index in [1.54, 1.807) is 12.1 Å². The molecule has 0 heterocycles. The van der Waals surface area contributed by atoms with Gasteiger partial charge >= 0.3 is 0 Å². The van der Waals surface area contributed by atoms with Crippen molar-refractivity contribution >= 4 is 5.78 Å². The van der Waals surface area contributed by atoms with Gasteiger partial charge in [0.05, 0.1) is 0 Å². The average molecular weight is 318 g/mol. The molecule has 1 unspecified atom stereocenters. The minimum absolute atomic E-state index is 0.0396. The number of carbonyl (C=O) groups excluding carboxylic acids is 1. The van der Waals surface area contributed by atoms with E-state index in [-0.39, 0.29) is 17.5 Å². The highest BCUT2D eigenvalue weighted by Crippen LogP contribution is 2.28. The first-order chi connectivity index (χ1) is 11.7. The molecule has 0 fully saturated rings. The van der Waals surface area contributed by atoms with Crippen molar-refractivity contribution in [3.63, 3.8) is 0 Å². The highest BCUT2D eigenvalue weighted by molar-refractivity contribution is 6.01. The molecule has 0 spiro atoms. The Bertz CT molecular complexity index is 825. The first kappa shape index (κ1) is 16.1. The molecule has 3 rings (SSSR count). The van der Waals surface area contributed by atoms with Gasteiger partial charge in [0.2, 0.25) is 0 Å². The van der Waals surface area contributed by atoms with Crippen LogP contribution in [0.25, 0.3) is 11.1 Å². The lowest BCUT2D eigenvalue weighted by molar-refractivity contribution is 0.0957. The standard InChI is InChI=1S/C22H19FO/c1-2-19(16-9-5-3-6-10-16)22(24)18-13-14-20(21(23)15-18)17-11-7-4-8-12-17/h3-15,19H,2H2,1H3. The normalized spacial score (nSPS) is 11.9. The maximum absolute atomic E-state index is 14.5. The summed E-state index contributed by atoms with van der Waals surface area (Å²) in [7, 11) is 0. The van der Waals surface area contributed by atoms with E-state index in [0.29, 0.717) is 17.5 Å². The number of benzene rings is 3. The molecule has 0 aromatic heterocycles. The van der Waals surface area contributed by atoms with Gasteiger partial charge in [0, 0.05) is 17.0 Å². The lowest BCUT2D eigenvalue weighted by Crippen LogP contribution is -2.12. The Kier molecular flexibility index (Phi) is 4.85. The van der Waals surface area contributed by atoms with E-state index in [2.05, 4.69) is 0 Å². The van der Waals surface area contributed by atoms with Gasteiger partial charge in [0.15, 0.2) is 5.78 Å². The topological polar surface area (TPSA) is 17.1 Å². The van der Waals surface area contributed by atoms with E-state index >= 15 is 0 Å². The number of hydrogen-bond donors (Lipinski definition) is 0. The van der Waals surface area contributed by atoms with Crippen molar-refractivity contribution in [2.24, 2.45) is 0 Å². The van der Waals surface area contributed by atoms with Crippen molar-refractivity contribution in [1.29, 1.82) is 0 Å². The zero-order chi connectivity index (χ0) is 16.9. The number of Topliss-reactive ketones (excluding diaryl/α,β-unsaturated/α-hetero) is 1. The summed E-state index contributed by atoms with van der Waals surface area (Å²) in [5.41, 5.74) is 2.71. The van der Waals surface area contributed by atoms with Gasteiger partial charge in [-0.25, -0.2) is 4.39 Å². The lowest BCUT2D eigenvalue weighted by Gasteiger charge is -2.15. The van der Waals surface area contributed by atoms with Gasteiger partial charge in [0.1, 0.15) is 5.82 Å². The van der Waals surface area contributed by atoms with Crippen molar-refractivity contribution in [1.82, 2.24) is 0 Å². The summed E-state index contributed by atoms with van der Waals surface area (Å²) in [6.07, 6.45) is 0.685. The molecule has 0 saturated heterocycles. The van der Waals surface area contributed by atoms with Crippen LogP contribution in [-0.4, -0.2) is 5.78 Å². The van der Waals surface area contributed by atoms with Crippen LogP contribution in [0.15, 0.2) is 78.9 Å². The summed E-state index contributed by atoms with van der Waals surface area (Å²) in [6.45, 7) is 1.98. The van der Waals surface area contributed by atoms with E-state index in [4.69, 9.17) is 0 Å². The van der Waals surface area contributed by atoms with Crippen LogP contribution in [0.5, 0.6) is 0 Å². The molecule has 0 radical (unpaired) electrons. The highest BCUT2D eigenvalue weighted by Gasteiger charge is 2.21. The molecule has 120 valence electrons. The van der Waals surface area contributed by atoms with E-state index in [9.17, 15) is 9.18 Å². The SMILES string of the molecule is CCC(C(=O)c1ccc(-c2ccccc2)c(F)c1)c1ccccc1. The Morgan fingerprint density at radius 1 is 0.917 bits per heavy atom. The van der Waals surface area contributed by atoms with E-state index in [1.807, 2.05) is 67.6 Å². The van der Waals surface area contributed by atoms with Crippen LogP contribution in [0.2, 0.25) is 0 Å². The Morgan fingerprint density at radius 2 is 1.54 bits per heavy atom. The fourth-order valence-corrected chi connectivity index (χ4v) is 2.98. The first-order valence-electron chi connectivity index (χ1n) is 8.15. The summed E-state index contributed by atoms with van der Waals surface area (Å²) < 4.78 is 14.5. The predicted octanol–water partition coefficient (Wildman–Crippen LogP) is 5.87. The molecule has 1 atom stereocenters. The van der Waals surface area contributed by atoms with Crippen LogP contribution in [0.3, 0.4) is 0 Å². The molecule has 0 bridgehead atoms. The molecular weight excluding hydrogens is 299 g/mol. The van der Waals surface area contributed by atoms with Crippen molar-refractivity contribution in [2.45, 2.75) is 19.3 Å². The fourth-order valence-electron chi connectivity index (χ4n) is 2.98. The number of halogens is 1. The Labute approximate surface area is 141 Å². The van der Waals surface area contributed by atoms with E-state index in [0.717, 1.165) is 11.1 Å². The van der Waals surface area contributed by atoms with E-state index < -0.39 is 0 Å². The summed E-state index contributed by atoms with van der Waals surface area (Å²) in [6, 6.07) is 23.8. The van der Waals surface area contributed by atoms with Crippen LogP contribution in [0.1, 0.15) is 35.2 Å². The summed E-state index contributed by atoms with van der Waals surface area (Å²) in [5, 5.41) is 0. The lowest BCUT2D eigenvalue weighted by atomic mass is 9.88. The molecule has 0 amide bonds. The molecule has 0 aliphatic carbocycles. The third kappa shape index (κ3) is 3.28. The summed E-state index contributed by atoms with van der Waals surface area (Å²) in [5.74, 6) is -0.648. The summed E-state index contributed by atoms with van der Waals surface area (Å²) in [4.78, 5) is 12.8. The van der Waals surface area contributed by atoms with Crippen LogP contribution < -0.4 is 0 Å². The Hall–Kier alpha value is -2.74. The average Bonchev–Trinajstić information content (AvgIpc) is 2.64. The molecule has 24 heavy (non-hydrogen) atoms. The monoisotopic (exact) mass is 318 g/mol. The van der Waals surface area contributed by atoms with Gasteiger partial charge < -0.3 is 0 Å². The van der Waals surface area contributed by atoms with Crippen LogP contribution >= 0.6 is 0 Å². The summed E-state index contributed by atoms with van der Waals surface area (Å²) >= 11 is 0. The van der Waals surface area contributed by atoms with Gasteiger partial charge in [-0.05, 0) is 23.6 Å². The molecule has 0 aliphatic heterocycles. The predicted molar refractivity (Wildman–Crippen MR) is 95.6 cm³/mol. The van der Waals surface area contributed by atoms with Crippen LogP contribution in [0, 0.1) is 5.82 Å². The van der Waals surface area contributed by atoms with Crippen molar-refractivity contribution in [3.05, 3.63) is 95.8 Å². The molecule has 0 N–H and O–H groups in total. The van der Waals surface area contributed by atoms with Crippen molar-refractivity contribution in [3.8, 4) is 11.1 Å². The number of carbonyl (C=O) groups is 1. The van der Waals surface area contributed by atoms with Gasteiger partial charge in [-0.15, -0.1) is 0 Å². The molecule has 2 heteroatoms. The molecule has 3 aromatic rings. The first-order valence-corrected chi connectivity index (χ1v) is 8.15. The maximum Gasteiger partial charge on any atom is 0.170 e. The van der Waals surface area contributed by atoms with Gasteiger partial charge in [0.25, 0.3) is 0 Å². The molecule has 1 nitrogen and oxygen atoms in total. The van der Waals surface area contributed by atoms with Gasteiger partial charge in [-0.2, -0.15) is 0 Å². The van der Waals surface area contributed by atoms with Gasteiger partial charge in [-0.3, -0.25) is 4.79 Å². The molecular formula is C22H19FO. The van der Waals surface area contributed by atoms with Crippen molar-refractivity contribution < 1.29 is 9.18 Å². The molecule has 0 saturated carbocycles. The molecule has 3 aromatic carbocycles. The number of ketones is 1. The Morgan fingerprint density at radius 3 is 2.12 bits per heavy atom.